The zero-order valence-corrected chi connectivity index (χ0v) is 15.6. The molecule has 25 heavy (non-hydrogen) atoms. The van der Waals surface area contributed by atoms with Crippen molar-refractivity contribution >= 4 is 10.0 Å². The Hall–Kier alpha value is -1.77. The van der Waals surface area contributed by atoms with Crippen molar-refractivity contribution in [2.45, 2.75) is 56.5 Å². The summed E-state index contributed by atoms with van der Waals surface area (Å²) >= 11 is 0. The van der Waals surface area contributed by atoms with Gasteiger partial charge in [-0.25, -0.2) is 8.42 Å². The highest BCUT2D eigenvalue weighted by Crippen LogP contribution is 2.34. The van der Waals surface area contributed by atoms with Gasteiger partial charge in [0.1, 0.15) is 0 Å². The molecule has 8 heteroatoms. The van der Waals surface area contributed by atoms with Gasteiger partial charge in [0, 0.05) is 7.05 Å². The Morgan fingerprint density at radius 2 is 1.92 bits per heavy atom. The Balaban J connectivity index is 1.78. The average molecular weight is 364 g/mol. The summed E-state index contributed by atoms with van der Waals surface area (Å²) in [7, 11) is -2.12. The molecule has 1 heterocycles. The number of aromatic nitrogens is 2. The van der Waals surface area contributed by atoms with Crippen molar-refractivity contribution < 1.29 is 12.9 Å². The van der Waals surface area contributed by atoms with Crippen molar-refractivity contribution in [1.29, 1.82) is 0 Å². The number of rotatable bonds is 5. The summed E-state index contributed by atoms with van der Waals surface area (Å²) in [6.45, 7) is 3.85. The normalized spacial score (nSPS) is 17.3. The van der Waals surface area contributed by atoms with Crippen molar-refractivity contribution in [3.63, 3.8) is 0 Å². The molecule has 0 bridgehead atoms. The van der Waals surface area contributed by atoms with Crippen LogP contribution in [0.5, 0.6) is 0 Å². The fourth-order valence-corrected chi connectivity index (χ4v) is 4.29. The predicted octanol–water partition coefficient (Wildman–Crippen LogP) is 2.24. The van der Waals surface area contributed by atoms with Crippen LogP contribution in [-0.4, -0.2) is 29.9 Å². The molecule has 7 nitrogen and oxygen atoms in total. The Morgan fingerprint density at radius 1 is 1.24 bits per heavy atom. The lowest BCUT2D eigenvalue weighted by Crippen LogP contribution is -2.34. The van der Waals surface area contributed by atoms with E-state index in [9.17, 15) is 8.42 Å². The van der Waals surface area contributed by atoms with Gasteiger partial charge in [-0.1, -0.05) is 24.1 Å². The van der Waals surface area contributed by atoms with Gasteiger partial charge in [-0.05, 0) is 49.9 Å². The monoisotopic (exact) mass is 364 g/mol. The standard InChI is InChI=1S/C17H24N4O3S/c1-12-6-7-14(10-13(12)2)25(22,23)21(3)11-15-19-16(20-24-15)17(18)8-4-5-9-17/h6-7,10H,4-5,8-9,11,18H2,1-3H3. The minimum atomic E-state index is -3.63. The summed E-state index contributed by atoms with van der Waals surface area (Å²) < 4.78 is 31.9. The van der Waals surface area contributed by atoms with Crippen LogP contribution >= 0.6 is 0 Å². The van der Waals surface area contributed by atoms with Crippen LogP contribution in [0.4, 0.5) is 0 Å². The minimum Gasteiger partial charge on any atom is -0.338 e. The fourth-order valence-electron chi connectivity index (χ4n) is 3.08. The first-order valence-corrected chi connectivity index (χ1v) is 9.82. The molecule has 1 saturated carbocycles. The molecule has 0 aliphatic heterocycles. The summed E-state index contributed by atoms with van der Waals surface area (Å²) in [6.07, 6.45) is 3.73. The number of aryl methyl sites for hydroxylation is 2. The molecule has 1 aromatic heterocycles. The second-order valence-corrected chi connectivity index (χ2v) is 8.93. The summed E-state index contributed by atoms with van der Waals surface area (Å²) in [6, 6.07) is 5.09. The van der Waals surface area contributed by atoms with Crippen molar-refractivity contribution in [3.8, 4) is 0 Å². The molecule has 0 atom stereocenters. The Kier molecular flexibility index (Phi) is 4.70. The van der Waals surface area contributed by atoms with E-state index in [1.807, 2.05) is 13.8 Å². The summed E-state index contributed by atoms with van der Waals surface area (Å²) in [5, 5.41) is 3.97. The average Bonchev–Trinajstić information content (AvgIpc) is 3.20. The first kappa shape index (κ1) is 18.0. The predicted molar refractivity (Wildman–Crippen MR) is 93.2 cm³/mol. The minimum absolute atomic E-state index is 0.0122. The third-order valence-corrected chi connectivity index (χ3v) is 6.75. The van der Waals surface area contributed by atoms with Gasteiger partial charge in [0.2, 0.25) is 15.9 Å². The van der Waals surface area contributed by atoms with E-state index in [-0.39, 0.29) is 17.3 Å². The molecule has 2 N–H and O–H groups in total. The molecule has 2 aromatic rings. The van der Waals surface area contributed by atoms with Gasteiger partial charge in [0.05, 0.1) is 17.0 Å². The number of nitrogens with zero attached hydrogens (tertiary/aromatic N) is 3. The van der Waals surface area contributed by atoms with Crippen LogP contribution < -0.4 is 5.73 Å². The van der Waals surface area contributed by atoms with Gasteiger partial charge >= 0.3 is 0 Å². The van der Waals surface area contributed by atoms with Crippen LogP contribution in [0.25, 0.3) is 0 Å². The van der Waals surface area contributed by atoms with Gasteiger partial charge in [0.15, 0.2) is 5.82 Å². The largest absolute Gasteiger partial charge is 0.338 e. The molecule has 1 aliphatic carbocycles. The number of sulfonamides is 1. The maximum atomic E-state index is 12.7. The third kappa shape index (κ3) is 3.47. The summed E-state index contributed by atoms with van der Waals surface area (Å²) in [5.74, 6) is 0.721. The molecule has 0 unspecified atom stereocenters. The second-order valence-electron chi connectivity index (χ2n) is 6.88. The van der Waals surface area contributed by atoms with E-state index in [4.69, 9.17) is 10.3 Å². The first-order valence-electron chi connectivity index (χ1n) is 8.38. The van der Waals surface area contributed by atoms with E-state index >= 15 is 0 Å². The molecule has 136 valence electrons. The summed E-state index contributed by atoms with van der Waals surface area (Å²) in [5.41, 5.74) is 7.75. The van der Waals surface area contributed by atoms with Crippen LogP contribution in [0.1, 0.15) is 48.5 Å². The molecular formula is C17H24N4O3S. The lowest BCUT2D eigenvalue weighted by Gasteiger charge is -2.18. The molecular weight excluding hydrogens is 340 g/mol. The lowest BCUT2D eigenvalue weighted by molar-refractivity contribution is 0.323. The zero-order chi connectivity index (χ0) is 18.2. The number of nitrogens with two attached hydrogens (primary N) is 1. The Morgan fingerprint density at radius 3 is 2.56 bits per heavy atom. The highest BCUT2D eigenvalue weighted by Gasteiger charge is 2.36. The molecule has 1 aliphatic rings. The second kappa shape index (κ2) is 6.51. The smallest absolute Gasteiger partial charge is 0.243 e. The van der Waals surface area contributed by atoms with E-state index < -0.39 is 15.6 Å². The van der Waals surface area contributed by atoms with Crippen molar-refractivity contribution in [1.82, 2.24) is 14.4 Å². The van der Waals surface area contributed by atoms with Crippen molar-refractivity contribution in [2.24, 2.45) is 5.73 Å². The van der Waals surface area contributed by atoms with Gasteiger partial charge in [-0.2, -0.15) is 9.29 Å². The maximum Gasteiger partial charge on any atom is 0.243 e. The topological polar surface area (TPSA) is 102 Å². The van der Waals surface area contributed by atoms with Crippen LogP contribution in [0.2, 0.25) is 0 Å². The van der Waals surface area contributed by atoms with Gasteiger partial charge in [-0.15, -0.1) is 0 Å². The van der Waals surface area contributed by atoms with Crippen molar-refractivity contribution in [3.05, 3.63) is 41.0 Å². The maximum absolute atomic E-state index is 12.7. The van der Waals surface area contributed by atoms with E-state index in [1.165, 1.54) is 11.4 Å². The highest BCUT2D eigenvalue weighted by atomic mass is 32.2. The molecule has 1 fully saturated rings. The van der Waals surface area contributed by atoms with E-state index in [2.05, 4.69) is 10.1 Å². The first-order chi connectivity index (χ1) is 11.7. The van der Waals surface area contributed by atoms with E-state index in [0.717, 1.165) is 36.8 Å². The van der Waals surface area contributed by atoms with Gasteiger partial charge in [-0.3, -0.25) is 0 Å². The summed E-state index contributed by atoms with van der Waals surface area (Å²) in [4.78, 5) is 4.59. The SMILES string of the molecule is Cc1ccc(S(=O)(=O)N(C)Cc2nc(C3(N)CCCC3)no2)cc1C. The highest BCUT2D eigenvalue weighted by molar-refractivity contribution is 7.89. The number of benzene rings is 1. The quantitative estimate of drug-likeness (QED) is 0.873. The third-order valence-electron chi connectivity index (χ3n) is 4.95. The van der Waals surface area contributed by atoms with Crippen LogP contribution in [0.15, 0.2) is 27.6 Å². The molecule has 1 aromatic carbocycles. The molecule has 0 radical (unpaired) electrons. The van der Waals surface area contributed by atoms with E-state index in [1.54, 1.807) is 18.2 Å². The molecule has 3 rings (SSSR count). The Labute approximate surface area is 148 Å². The van der Waals surface area contributed by atoms with Crippen LogP contribution in [0.3, 0.4) is 0 Å². The van der Waals surface area contributed by atoms with Gasteiger partial charge < -0.3 is 10.3 Å². The van der Waals surface area contributed by atoms with Crippen LogP contribution in [-0.2, 0) is 22.1 Å². The molecule has 0 spiro atoms. The molecule has 0 saturated heterocycles. The van der Waals surface area contributed by atoms with Gasteiger partial charge in [0.25, 0.3) is 0 Å². The van der Waals surface area contributed by atoms with Crippen molar-refractivity contribution in [2.75, 3.05) is 7.05 Å². The fraction of sp³-hybridized carbons (Fsp3) is 0.529. The number of hydrogen-bond acceptors (Lipinski definition) is 6. The van der Waals surface area contributed by atoms with Crippen LogP contribution in [0, 0.1) is 13.8 Å². The lowest BCUT2D eigenvalue weighted by atomic mass is 9.99. The molecule has 0 amide bonds. The Bertz CT molecular complexity index is 870. The zero-order valence-electron chi connectivity index (χ0n) is 14.8. The van der Waals surface area contributed by atoms with E-state index in [0.29, 0.717) is 5.82 Å². The number of hydrogen-bond donors (Lipinski definition) is 1.